The van der Waals surface area contributed by atoms with Gasteiger partial charge in [-0.25, -0.2) is 4.68 Å². The first-order chi connectivity index (χ1) is 10.5. The topological polar surface area (TPSA) is 99.9 Å². The summed E-state index contributed by atoms with van der Waals surface area (Å²) in [6.07, 6.45) is 1.87. The molecule has 2 aromatic rings. The fraction of sp³-hybridized carbons (Fsp3) is 0.467. The minimum atomic E-state index is -0.402. The molecule has 0 atom stereocenters. The summed E-state index contributed by atoms with van der Waals surface area (Å²) in [6, 6.07) is 4.76. The Morgan fingerprint density at radius 1 is 1.36 bits per heavy atom. The van der Waals surface area contributed by atoms with Crippen LogP contribution in [-0.2, 0) is 6.54 Å². The zero-order chi connectivity index (χ0) is 16.3. The molecule has 0 fully saturated rings. The van der Waals surface area contributed by atoms with Crippen LogP contribution in [0.2, 0.25) is 0 Å². The first-order valence-electron chi connectivity index (χ1n) is 7.43. The predicted octanol–water partition coefficient (Wildman–Crippen LogP) is 2.85. The van der Waals surface area contributed by atoms with E-state index in [0.29, 0.717) is 12.2 Å². The molecule has 2 rings (SSSR count). The summed E-state index contributed by atoms with van der Waals surface area (Å²) in [7, 11) is 0. The van der Waals surface area contributed by atoms with Gasteiger partial charge in [-0.1, -0.05) is 25.1 Å². The minimum absolute atomic E-state index is 0.0425. The third-order valence-corrected chi connectivity index (χ3v) is 3.98. The van der Waals surface area contributed by atoms with Crippen LogP contribution in [-0.4, -0.2) is 19.9 Å². The number of rotatable bonds is 6. The largest absolute Gasteiger partial charge is 0.325 e. The van der Waals surface area contributed by atoms with Gasteiger partial charge in [-0.05, 0) is 25.3 Å². The highest BCUT2D eigenvalue weighted by Gasteiger charge is 2.22. The Balaban J connectivity index is 2.65. The number of hydrogen-bond acceptors (Lipinski definition) is 5. The molecule has 0 saturated heterocycles. The quantitative estimate of drug-likeness (QED) is 0.653. The van der Waals surface area contributed by atoms with Gasteiger partial charge in [0.1, 0.15) is 5.69 Å². The Hall–Kier alpha value is -2.28. The number of hydrogen-bond donors (Lipinski definition) is 1. The third kappa shape index (κ3) is 2.85. The molecule has 7 nitrogen and oxygen atoms in total. The number of nitrogens with two attached hydrogens (primary N) is 1. The molecule has 118 valence electrons. The fourth-order valence-electron chi connectivity index (χ4n) is 2.67. The number of non-ortho nitro benzene ring substituents is 1. The fourth-order valence-corrected chi connectivity index (χ4v) is 2.67. The second-order valence-corrected chi connectivity index (χ2v) is 5.28. The molecule has 1 heterocycles. The lowest BCUT2D eigenvalue weighted by Gasteiger charge is -2.16. The van der Waals surface area contributed by atoms with Crippen LogP contribution < -0.4 is 5.73 Å². The number of aryl methyl sites for hydroxylation is 1. The maximum atomic E-state index is 11.0. The highest BCUT2D eigenvalue weighted by atomic mass is 16.6. The zero-order valence-corrected chi connectivity index (χ0v) is 13.1. The highest BCUT2D eigenvalue weighted by molar-refractivity contribution is 5.49. The lowest BCUT2D eigenvalue weighted by atomic mass is 9.97. The molecule has 1 aromatic heterocycles. The van der Waals surface area contributed by atoms with Crippen molar-refractivity contribution in [3.63, 3.8) is 0 Å². The molecule has 0 unspecified atom stereocenters. The van der Waals surface area contributed by atoms with Crippen molar-refractivity contribution in [1.82, 2.24) is 15.0 Å². The predicted molar refractivity (Wildman–Crippen MR) is 84.0 cm³/mol. The molecule has 0 radical (unpaired) electrons. The maximum absolute atomic E-state index is 11.0. The van der Waals surface area contributed by atoms with Crippen molar-refractivity contribution >= 4 is 5.69 Å². The van der Waals surface area contributed by atoms with E-state index in [9.17, 15) is 10.1 Å². The summed E-state index contributed by atoms with van der Waals surface area (Å²) in [5.74, 6) is 0.271. The van der Waals surface area contributed by atoms with Gasteiger partial charge >= 0.3 is 0 Å². The molecular weight excluding hydrogens is 282 g/mol. The Bertz CT molecular complexity index is 677. The minimum Gasteiger partial charge on any atom is -0.325 e. The van der Waals surface area contributed by atoms with Crippen molar-refractivity contribution in [3.05, 3.63) is 45.3 Å². The number of nitro groups is 1. The molecule has 0 saturated carbocycles. The molecule has 1 aromatic carbocycles. The molecule has 7 heteroatoms. The Kier molecular flexibility index (Phi) is 4.87. The maximum Gasteiger partial charge on any atom is 0.271 e. The van der Waals surface area contributed by atoms with Crippen molar-refractivity contribution in [3.8, 4) is 5.69 Å². The Morgan fingerprint density at radius 2 is 2.05 bits per heavy atom. The van der Waals surface area contributed by atoms with Gasteiger partial charge in [-0.3, -0.25) is 10.1 Å². The van der Waals surface area contributed by atoms with Crippen LogP contribution in [0.25, 0.3) is 5.69 Å². The van der Waals surface area contributed by atoms with E-state index in [1.165, 1.54) is 12.1 Å². The summed E-state index contributed by atoms with van der Waals surface area (Å²) in [6.45, 7) is 6.41. The van der Waals surface area contributed by atoms with Gasteiger partial charge in [-0.15, -0.1) is 5.10 Å². The average molecular weight is 303 g/mol. The van der Waals surface area contributed by atoms with Crippen molar-refractivity contribution in [1.29, 1.82) is 0 Å². The van der Waals surface area contributed by atoms with Crippen LogP contribution in [0.15, 0.2) is 18.2 Å². The van der Waals surface area contributed by atoms with E-state index in [2.05, 4.69) is 24.2 Å². The SMILES string of the molecule is CCC(CC)c1c(CN)nnn1-c1cc([N+](=O)[O-])ccc1C. The van der Waals surface area contributed by atoms with Gasteiger partial charge in [0.2, 0.25) is 0 Å². The molecule has 0 amide bonds. The standard InChI is InChI=1S/C15H21N5O2/c1-4-11(5-2)15-13(9-16)17-18-19(15)14-8-12(20(21)22)7-6-10(14)3/h6-8,11H,4-5,9,16H2,1-3H3. The molecule has 0 aliphatic rings. The molecule has 0 spiro atoms. The Labute approximate surface area is 129 Å². The lowest BCUT2D eigenvalue weighted by Crippen LogP contribution is -2.11. The van der Waals surface area contributed by atoms with Crippen LogP contribution in [0.4, 0.5) is 5.69 Å². The first-order valence-corrected chi connectivity index (χ1v) is 7.43. The van der Waals surface area contributed by atoms with Crippen molar-refractivity contribution in [2.24, 2.45) is 5.73 Å². The zero-order valence-electron chi connectivity index (χ0n) is 13.1. The Morgan fingerprint density at radius 3 is 2.59 bits per heavy atom. The van der Waals surface area contributed by atoms with Crippen molar-refractivity contribution < 1.29 is 4.92 Å². The van der Waals surface area contributed by atoms with Crippen LogP contribution >= 0.6 is 0 Å². The average Bonchev–Trinajstić information content (AvgIpc) is 2.92. The molecule has 0 aliphatic heterocycles. The van der Waals surface area contributed by atoms with E-state index in [0.717, 1.165) is 29.8 Å². The molecule has 2 N–H and O–H groups in total. The third-order valence-electron chi connectivity index (χ3n) is 3.98. The smallest absolute Gasteiger partial charge is 0.271 e. The van der Waals surface area contributed by atoms with Crippen LogP contribution in [0.3, 0.4) is 0 Å². The molecule has 0 aliphatic carbocycles. The van der Waals surface area contributed by atoms with Gasteiger partial charge in [0, 0.05) is 24.6 Å². The van der Waals surface area contributed by atoms with E-state index >= 15 is 0 Å². The van der Waals surface area contributed by atoms with E-state index in [-0.39, 0.29) is 11.6 Å². The summed E-state index contributed by atoms with van der Waals surface area (Å²) < 4.78 is 1.71. The number of nitrogens with zero attached hydrogens (tertiary/aromatic N) is 4. The van der Waals surface area contributed by atoms with Crippen LogP contribution in [0, 0.1) is 17.0 Å². The van der Waals surface area contributed by atoms with Crippen LogP contribution in [0.5, 0.6) is 0 Å². The lowest BCUT2D eigenvalue weighted by molar-refractivity contribution is -0.384. The number of nitro benzene ring substituents is 1. The molecule has 22 heavy (non-hydrogen) atoms. The molecule has 0 bridgehead atoms. The summed E-state index contributed by atoms with van der Waals surface area (Å²) in [5.41, 5.74) is 9.12. The normalized spacial score (nSPS) is 11.1. The van der Waals surface area contributed by atoms with E-state index in [1.54, 1.807) is 10.7 Å². The first kappa shape index (κ1) is 16.1. The summed E-state index contributed by atoms with van der Waals surface area (Å²) in [5, 5.41) is 19.4. The van der Waals surface area contributed by atoms with Crippen molar-refractivity contribution in [2.45, 2.75) is 46.1 Å². The van der Waals surface area contributed by atoms with Crippen molar-refractivity contribution in [2.75, 3.05) is 0 Å². The van der Waals surface area contributed by atoms with E-state index < -0.39 is 4.92 Å². The van der Waals surface area contributed by atoms with Gasteiger partial charge in [0.15, 0.2) is 0 Å². The summed E-state index contributed by atoms with van der Waals surface area (Å²) in [4.78, 5) is 10.6. The van der Waals surface area contributed by atoms with Gasteiger partial charge in [0.05, 0.1) is 16.3 Å². The van der Waals surface area contributed by atoms with Gasteiger partial charge in [0.25, 0.3) is 5.69 Å². The monoisotopic (exact) mass is 303 g/mol. The highest BCUT2D eigenvalue weighted by Crippen LogP contribution is 2.29. The summed E-state index contributed by atoms with van der Waals surface area (Å²) >= 11 is 0. The second kappa shape index (κ2) is 6.65. The number of aromatic nitrogens is 3. The van der Waals surface area contributed by atoms with E-state index in [1.807, 2.05) is 6.92 Å². The van der Waals surface area contributed by atoms with Crippen LogP contribution in [0.1, 0.15) is 49.6 Å². The second-order valence-electron chi connectivity index (χ2n) is 5.28. The molecular formula is C15H21N5O2. The van der Waals surface area contributed by atoms with E-state index in [4.69, 9.17) is 5.73 Å². The number of benzene rings is 1. The van der Waals surface area contributed by atoms with Gasteiger partial charge < -0.3 is 5.73 Å². The van der Waals surface area contributed by atoms with Gasteiger partial charge in [-0.2, -0.15) is 0 Å².